The van der Waals surface area contributed by atoms with Crippen LogP contribution in [0.3, 0.4) is 0 Å². The van der Waals surface area contributed by atoms with Crippen molar-refractivity contribution in [1.29, 1.82) is 0 Å². The van der Waals surface area contributed by atoms with Crippen molar-refractivity contribution in [3.05, 3.63) is 56.7 Å². The average molecular weight is 420 g/mol. The summed E-state index contributed by atoms with van der Waals surface area (Å²) >= 11 is 7.80. The molecule has 1 aliphatic rings. The lowest BCUT2D eigenvalue weighted by molar-refractivity contribution is -1.92. The predicted molar refractivity (Wildman–Crippen MR) is 84.7 cm³/mol. The van der Waals surface area contributed by atoms with E-state index in [0.717, 1.165) is 17.6 Å². The summed E-state index contributed by atoms with van der Waals surface area (Å²) in [7, 11) is -3.86. The van der Waals surface area contributed by atoms with E-state index in [9.17, 15) is 18.8 Å². The minimum absolute atomic E-state index is 0.0270. The van der Waals surface area contributed by atoms with Crippen molar-refractivity contribution >= 4 is 28.9 Å². The quantitative estimate of drug-likeness (QED) is 0.611. The van der Waals surface area contributed by atoms with E-state index >= 15 is 0 Å². The van der Waals surface area contributed by atoms with Crippen LogP contribution in [0.15, 0.2) is 35.7 Å². The van der Waals surface area contributed by atoms with Crippen molar-refractivity contribution in [3.8, 4) is 0 Å². The highest BCUT2D eigenvalue weighted by Gasteiger charge is 2.62. The minimum atomic E-state index is -4.95. The van der Waals surface area contributed by atoms with E-state index < -0.39 is 21.9 Å². The number of carbonyl (C=O) groups is 1. The number of fused-ring (bicyclic) bond motifs is 1. The largest absolute Gasteiger partial charge is 0.465 e. The Morgan fingerprint density at radius 3 is 2.69 bits per heavy atom. The second-order valence-corrected chi connectivity index (χ2v) is 7.93. The van der Waals surface area contributed by atoms with Gasteiger partial charge in [0.1, 0.15) is 4.29 Å². The summed E-state index contributed by atoms with van der Waals surface area (Å²) in [6, 6.07) is 7.97. The Hall–Kier alpha value is -1.23. The third kappa shape index (κ3) is 3.60. The first-order valence-corrected chi connectivity index (χ1v) is 10.0. The van der Waals surface area contributed by atoms with Gasteiger partial charge >= 0.3 is 11.7 Å². The zero-order chi connectivity index (χ0) is 18.9. The van der Waals surface area contributed by atoms with Crippen LogP contribution < -0.4 is 14.0 Å². The molecule has 1 aromatic heterocycles. The molecule has 26 heavy (non-hydrogen) atoms. The predicted octanol–water partition coefficient (Wildman–Crippen LogP) is -0.300. The number of hydrogen-bond acceptors (Lipinski definition) is 8. The molecule has 1 atom stereocenters. The van der Waals surface area contributed by atoms with E-state index in [0.29, 0.717) is 6.42 Å². The molecule has 1 aliphatic heterocycles. The number of ether oxygens (including phenoxy) is 1. The van der Waals surface area contributed by atoms with Crippen LogP contribution in [-0.4, -0.2) is 24.5 Å². The number of carbonyl (C=O) groups excluding carboxylic acids is 1. The van der Waals surface area contributed by atoms with Gasteiger partial charge in [-0.25, -0.2) is 9.69 Å². The molecule has 0 bridgehead atoms. The van der Waals surface area contributed by atoms with Crippen molar-refractivity contribution in [2.75, 3.05) is 13.7 Å². The third-order valence-corrected chi connectivity index (χ3v) is 5.93. The van der Waals surface area contributed by atoms with Crippen LogP contribution in [0.2, 0.25) is 5.02 Å². The van der Waals surface area contributed by atoms with Gasteiger partial charge in [-0.05, 0) is 29.5 Å². The molecule has 10 heteroatoms. The molecule has 2 heterocycles. The fourth-order valence-corrected chi connectivity index (χ4v) is 4.73. The Bertz CT molecular complexity index is 808. The van der Waals surface area contributed by atoms with Crippen LogP contribution in [0.1, 0.15) is 16.0 Å². The van der Waals surface area contributed by atoms with Gasteiger partial charge in [0.25, 0.3) is 0 Å². The summed E-state index contributed by atoms with van der Waals surface area (Å²) in [4.78, 5) is 15.3. The van der Waals surface area contributed by atoms with E-state index in [2.05, 4.69) is 0 Å². The fraction of sp³-hybridized carbons (Fsp3) is 0.312. The van der Waals surface area contributed by atoms with Crippen molar-refractivity contribution in [1.82, 2.24) is 4.90 Å². The fourth-order valence-electron chi connectivity index (χ4n) is 3.06. The number of rotatable bonds is 5. The molecular weight excluding hydrogens is 405 g/mol. The summed E-state index contributed by atoms with van der Waals surface area (Å²) in [6.07, 6.45) is 0.565. The highest BCUT2D eigenvalue weighted by Crippen LogP contribution is 2.41. The number of esters is 1. The molecular formula is C16H15Cl2NO6S. The van der Waals surface area contributed by atoms with Crippen molar-refractivity contribution in [3.63, 3.8) is 0 Å². The summed E-state index contributed by atoms with van der Waals surface area (Å²) in [5.41, 5.74) is -1.36. The number of benzene rings is 1. The van der Waals surface area contributed by atoms with Gasteiger partial charge < -0.3 is 4.74 Å². The maximum atomic E-state index is 12.8. The molecule has 140 valence electrons. The van der Waals surface area contributed by atoms with Crippen LogP contribution in [0.4, 0.5) is 0 Å². The molecule has 0 fully saturated rings. The first-order chi connectivity index (χ1) is 12.3. The Balaban J connectivity index is 2.17. The summed E-state index contributed by atoms with van der Waals surface area (Å²) < 4.78 is 44.2. The Kier molecular flexibility index (Phi) is 5.57. The Morgan fingerprint density at radius 1 is 1.31 bits per heavy atom. The number of hydrogen-bond donors (Lipinski definition) is 0. The van der Waals surface area contributed by atoms with E-state index in [1.54, 1.807) is 23.5 Å². The van der Waals surface area contributed by atoms with Gasteiger partial charge in [0.05, 0.1) is 17.4 Å². The highest BCUT2D eigenvalue weighted by molar-refractivity contribution is 7.10. The third-order valence-electron chi connectivity index (χ3n) is 4.16. The molecule has 0 aliphatic carbocycles. The van der Waals surface area contributed by atoms with E-state index in [1.807, 2.05) is 11.4 Å². The first-order valence-electron chi connectivity index (χ1n) is 7.53. The van der Waals surface area contributed by atoms with Gasteiger partial charge in [-0.15, -0.1) is 11.3 Å². The Morgan fingerprint density at radius 2 is 2.04 bits per heavy atom. The van der Waals surface area contributed by atoms with Crippen molar-refractivity contribution in [2.24, 2.45) is 0 Å². The SMILES string of the molecule is COC(=O)[C@@](O[Cl+3]([O-])([O-])[O-])(c1ccccc1Cl)N1CCc2sccc2C1. The van der Waals surface area contributed by atoms with Gasteiger partial charge in [-0.1, -0.05) is 29.8 Å². The maximum Gasteiger partial charge on any atom is 0.401 e. The molecule has 7 nitrogen and oxygen atoms in total. The van der Waals surface area contributed by atoms with Gasteiger partial charge in [0.15, 0.2) is 0 Å². The second-order valence-electron chi connectivity index (χ2n) is 5.61. The lowest BCUT2D eigenvalue weighted by Gasteiger charge is -2.38. The van der Waals surface area contributed by atoms with E-state index in [1.165, 1.54) is 17.0 Å². The zero-order valence-electron chi connectivity index (χ0n) is 13.6. The summed E-state index contributed by atoms with van der Waals surface area (Å²) in [5.74, 6) is -1.05. The van der Waals surface area contributed by atoms with Gasteiger partial charge in [0.2, 0.25) is 0 Å². The lowest BCUT2D eigenvalue weighted by atomic mass is 9.97. The molecule has 0 saturated carbocycles. The maximum absolute atomic E-state index is 12.8. The number of nitrogens with zero attached hydrogens (tertiary/aromatic N) is 1. The standard InChI is InChI=1S/C16H15Cl2NO6S/c1-24-15(20)16(25-18(21,22)23,12-4-2-3-5-13(12)17)19-8-6-14-11(10-19)7-9-26-14/h2-5,7,9H,6,8,10H2,1H3/t16-/m0/s1. The van der Waals surface area contributed by atoms with Gasteiger partial charge in [0, 0.05) is 28.6 Å². The summed E-state index contributed by atoms with van der Waals surface area (Å²) in [6.45, 7) is 0.475. The first kappa shape index (κ1) is 19.5. The van der Waals surface area contributed by atoms with E-state index in [4.69, 9.17) is 20.6 Å². The smallest absolute Gasteiger partial charge is 0.401 e. The number of halogens is 2. The number of thiophene rings is 1. The number of methoxy groups -OCH3 is 1. The summed E-state index contributed by atoms with van der Waals surface area (Å²) in [5, 5.41) is 1.99. The molecule has 2 aromatic rings. The molecule has 0 spiro atoms. The lowest BCUT2D eigenvalue weighted by Crippen LogP contribution is -2.68. The van der Waals surface area contributed by atoms with Gasteiger partial charge in [-0.3, -0.25) is 0 Å². The second kappa shape index (κ2) is 7.41. The average Bonchev–Trinajstić information content (AvgIpc) is 3.06. The van der Waals surface area contributed by atoms with E-state index in [-0.39, 0.29) is 23.7 Å². The molecule has 0 saturated heterocycles. The molecule has 0 unspecified atom stereocenters. The van der Waals surface area contributed by atoms with Gasteiger partial charge in [-0.2, -0.15) is 14.0 Å². The van der Waals surface area contributed by atoms with Crippen molar-refractivity contribution in [2.45, 2.75) is 18.7 Å². The van der Waals surface area contributed by atoms with Crippen LogP contribution in [0.5, 0.6) is 0 Å². The normalized spacial score (nSPS) is 17.4. The molecule has 0 N–H and O–H groups in total. The van der Waals surface area contributed by atoms with Crippen LogP contribution >= 0.6 is 22.9 Å². The topological polar surface area (TPSA) is 108 Å². The molecule has 3 rings (SSSR count). The van der Waals surface area contributed by atoms with Crippen LogP contribution in [0, 0.1) is 10.2 Å². The molecule has 1 aromatic carbocycles. The molecule has 0 amide bonds. The highest BCUT2D eigenvalue weighted by atomic mass is 35.7. The van der Waals surface area contributed by atoms with Crippen LogP contribution in [-0.2, 0) is 32.5 Å². The van der Waals surface area contributed by atoms with Crippen LogP contribution in [0.25, 0.3) is 0 Å². The monoisotopic (exact) mass is 419 g/mol. The van der Waals surface area contributed by atoms with Crippen molar-refractivity contribution < 1.29 is 38.0 Å². The zero-order valence-corrected chi connectivity index (χ0v) is 16.0. The molecule has 0 radical (unpaired) electrons. The minimum Gasteiger partial charge on any atom is -0.465 e. The Labute approximate surface area is 161 Å².